The van der Waals surface area contributed by atoms with Crippen molar-refractivity contribution < 1.29 is 19.4 Å². The van der Waals surface area contributed by atoms with E-state index in [-0.39, 0.29) is 29.6 Å². The highest BCUT2D eigenvalue weighted by molar-refractivity contribution is 6.01. The second kappa shape index (κ2) is 11.3. The van der Waals surface area contributed by atoms with Gasteiger partial charge in [0.25, 0.3) is 5.91 Å². The van der Waals surface area contributed by atoms with E-state index in [2.05, 4.69) is 30.8 Å². The largest absolute Gasteiger partial charge is 0.496 e. The predicted octanol–water partition coefficient (Wildman–Crippen LogP) is 4.59. The minimum atomic E-state index is -1.42. The first-order valence-electron chi connectivity index (χ1n) is 12.8. The summed E-state index contributed by atoms with van der Waals surface area (Å²) in [6.07, 6.45) is 9.60. The van der Waals surface area contributed by atoms with Crippen LogP contribution >= 0.6 is 0 Å². The summed E-state index contributed by atoms with van der Waals surface area (Å²) in [5.41, 5.74) is 6.07. The summed E-state index contributed by atoms with van der Waals surface area (Å²) in [7, 11) is 1.58. The fraction of sp³-hybridized carbons (Fsp3) is 0.517. The lowest BCUT2D eigenvalue weighted by Crippen LogP contribution is -2.57. The monoisotopic (exact) mass is 508 g/mol. The molecule has 8 heteroatoms. The van der Waals surface area contributed by atoms with E-state index in [0.717, 1.165) is 17.6 Å². The van der Waals surface area contributed by atoms with E-state index >= 15 is 0 Å². The number of nitrogens with zero attached hydrogens (tertiary/aromatic N) is 3. The third-order valence-electron chi connectivity index (χ3n) is 7.01. The van der Waals surface area contributed by atoms with Crippen molar-refractivity contribution in [2.75, 3.05) is 13.7 Å². The fourth-order valence-electron chi connectivity index (χ4n) is 5.56. The molecular weight excluding hydrogens is 468 g/mol. The highest BCUT2D eigenvalue weighted by Gasteiger charge is 2.59. The number of carbonyl (C=O) groups is 2. The van der Waals surface area contributed by atoms with Crippen LogP contribution in [0.2, 0.25) is 0 Å². The molecule has 1 amide bonds. The zero-order chi connectivity index (χ0) is 27.4. The van der Waals surface area contributed by atoms with Crippen molar-refractivity contribution in [2.45, 2.75) is 70.9 Å². The van der Waals surface area contributed by atoms with Gasteiger partial charge in [-0.15, -0.1) is 0 Å². The Morgan fingerprint density at radius 2 is 2.08 bits per heavy atom. The van der Waals surface area contributed by atoms with E-state index in [1.54, 1.807) is 36.6 Å². The number of carboxylic acid groups (broad SMARTS) is 1. The first kappa shape index (κ1) is 28.2. The molecule has 0 bridgehead atoms. The summed E-state index contributed by atoms with van der Waals surface area (Å²) in [6.45, 7) is 10.9. The molecule has 3 N–H and O–H groups in total. The SMILES string of the molecule is COc1cc(C(=O)N2[C@@H](C3=CCCN=C3)[C@@H](C=N/C=C\N)C[C@@]2(CC(C)C)C(=O)O)ccc1C(C)(C)C. The quantitative estimate of drug-likeness (QED) is 0.498. The number of amides is 1. The van der Waals surface area contributed by atoms with Gasteiger partial charge in [0.2, 0.25) is 0 Å². The summed E-state index contributed by atoms with van der Waals surface area (Å²) in [6, 6.07) is 4.86. The van der Waals surface area contributed by atoms with Crippen LogP contribution in [-0.2, 0) is 10.2 Å². The molecule has 1 saturated heterocycles. The van der Waals surface area contributed by atoms with Crippen LogP contribution in [0.4, 0.5) is 0 Å². The normalized spacial score (nSPS) is 24.3. The number of hydrogen-bond donors (Lipinski definition) is 2. The van der Waals surface area contributed by atoms with Crippen molar-refractivity contribution in [1.82, 2.24) is 4.90 Å². The number of likely N-dealkylation sites (tertiary alicyclic amines) is 1. The molecule has 2 aliphatic rings. The maximum Gasteiger partial charge on any atom is 0.329 e. The fourth-order valence-corrected chi connectivity index (χ4v) is 5.56. The van der Waals surface area contributed by atoms with Gasteiger partial charge in [0.1, 0.15) is 11.3 Å². The number of benzene rings is 1. The molecule has 0 unspecified atom stereocenters. The van der Waals surface area contributed by atoms with Crippen molar-refractivity contribution in [3.05, 3.63) is 53.4 Å². The molecule has 0 spiro atoms. The third-order valence-corrected chi connectivity index (χ3v) is 7.01. The molecule has 2 heterocycles. The number of hydrogen-bond acceptors (Lipinski definition) is 6. The van der Waals surface area contributed by atoms with Crippen LogP contribution in [0.3, 0.4) is 0 Å². The molecule has 1 aromatic rings. The lowest BCUT2D eigenvalue weighted by molar-refractivity contribution is -0.149. The van der Waals surface area contributed by atoms with Gasteiger partial charge in [0.05, 0.1) is 13.2 Å². The van der Waals surface area contributed by atoms with E-state index in [4.69, 9.17) is 10.5 Å². The molecule has 0 aliphatic carbocycles. The second-order valence-corrected chi connectivity index (χ2v) is 11.3. The van der Waals surface area contributed by atoms with Gasteiger partial charge in [-0.2, -0.15) is 0 Å². The number of methoxy groups -OCH3 is 1. The topological polar surface area (TPSA) is 118 Å². The Morgan fingerprint density at radius 3 is 2.62 bits per heavy atom. The Kier molecular flexibility index (Phi) is 8.61. The van der Waals surface area contributed by atoms with Gasteiger partial charge in [0, 0.05) is 42.9 Å². The van der Waals surface area contributed by atoms with Crippen molar-refractivity contribution >= 4 is 24.3 Å². The van der Waals surface area contributed by atoms with Gasteiger partial charge in [-0.1, -0.05) is 46.8 Å². The Hall–Kier alpha value is -3.42. The van der Waals surface area contributed by atoms with Gasteiger partial charge < -0.3 is 20.5 Å². The average Bonchev–Trinajstić information content (AvgIpc) is 3.17. The highest BCUT2D eigenvalue weighted by atomic mass is 16.5. The summed E-state index contributed by atoms with van der Waals surface area (Å²) in [5, 5.41) is 10.7. The molecule has 8 nitrogen and oxygen atoms in total. The highest BCUT2D eigenvalue weighted by Crippen LogP contribution is 2.46. The minimum Gasteiger partial charge on any atom is -0.496 e. The van der Waals surface area contributed by atoms with E-state index in [1.165, 1.54) is 12.4 Å². The van der Waals surface area contributed by atoms with Crippen molar-refractivity contribution in [3.8, 4) is 5.75 Å². The molecule has 3 atom stereocenters. The number of rotatable bonds is 8. The van der Waals surface area contributed by atoms with Crippen LogP contribution in [0.15, 0.2) is 52.2 Å². The van der Waals surface area contributed by atoms with Crippen molar-refractivity contribution in [3.63, 3.8) is 0 Å². The van der Waals surface area contributed by atoms with Gasteiger partial charge in [-0.3, -0.25) is 14.8 Å². The Bertz CT molecular complexity index is 1130. The number of ether oxygens (including phenoxy) is 1. The van der Waals surface area contributed by atoms with E-state index in [0.29, 0.717) is 24.3 Å². The van der Waals surface area contributed by atoms with Crippen LogP contribution in [0.5, 0.6) is 5.75 Å². The van der Waals surface area contributed by atoms with E-state index in [1.807, 2.05) is 26.0 Å². The number of nitrogens with two attached hydrogens (primary N) is 1. The molecular formula is C29H40N4O4. The molecule has 0 aromatic heterocycles. The lowest BCUT2D eigenvalue weighted by atomic mass is 9.83. The number of aliphatic carboxylic acids is 1. The maximum absolute atomic E-state index is 14.4. The summed E-state index contributed by atoms with van der Waals surface area (Å²) in [4.78, 5) is 37.8. The third kappa shape index (κ3) is 5.78. The molecule has 0 saturated carbocycles. The van der Waals surface area contributed by atoms with Gasteiger partial charge >= 0.3 is 5.97 Å². The Morgan fingerprint density at radius 1 is 1.35 bits per heavy atom. The average molecular weight is 509 g/mol. The molecule has 37 heavy (non-hydrogen) atoms. The molecule has 0 radical (unpaired) electrons. The number of aliphatic imine (C=N–C) groups is 2. The van der Waals surface area contributed by atoms with E-state index < -0.39 is 17.6 Å². The van der Waals surface area contributed by atoms with Crippen molar-refractivity contribution in [2.24, 2.45) is 27.6 Å². The van der Waals surface area contributed by atoms with Crippen LogP contribution in [0, 0.1) is 11.8 Å². The molecule has 200 valence electrons. The Labute approximate surface area is 220 Å². The standard InChI is InChI=1S/C29H40N4O4/c1-19(2)15-29(27(35)36)16-22(18-32-13-11-30)25(21-8-7-12-31-17-21)33(29)26(34)20-9-10-23(28(3,4)5)24(14-20)37-6/h8-11,13-14,17-19,22,25H,7,12,15-16,30H2,1-6H3,(H,35,36)/b13-11-,32-18?/t22-,25+,29+/m1/s1. The van der Waals surface area contributed by atoms with Crippen LogP contribution in [0.1, 0.15) is 69.8 Å². The van der Waals surface area contributed by atoms with Gasteiger partial charge in [0.15, 0.2) is 0 Å². The Balaban J connectivity index is 2.23. The van der Waals surface area contributed by atoms with Gasteiger partial charge in [-0.25, -0.2) is 4.79 Å². The molecule has 3 rings (SSSR count). The summed E-state index contributed by atoms with van der Waals surface area (Å²) in [5.74, 6) is -1.06. The summed E-state index contributed by atoms with van der Waals surface area (Å²) < 4.78 is 5.66. The van der Waals surface area contributed by atoms with Crippen LogP contribution in [-0.4, -0.2) is 59.5 Å². The lowest BCUT2D eigenvalue weighted by Gasteiger charge is -2.40. The van der Waals surface area contributed by atoms with E-state index in [9.17, 15) is 14.7 Å². The number of carboxylic acids is 1. The zero-order valence-electron chi connectivity index (χ0n) is 22.8. The first-order valence-corrected chi connectivity index (χ1v) is 12.8. The van der Waals surface area contributed by atoms with Gasteiger partial charge in [-0.05, 0) is 53.9 Å². The first-order chi connectivity index (χ1) is 17.5. The maximum atomic E-state index is 14.4. The number of carbonyl (C=O) groups excluding carboxylic acids is 1. The predicted molar refractivity (Wildman–Crippen MR) is 147 cm³/mol. The number of dihydropyridines is 1. The van der Waals surface area contributed by atoms with Crippen molar-refractivity contribution in [1.29, 1.82) is 0 Å². The molecule has 1 fully saturated rings. The van der Waals surface area contributed by atoms with Crippen LogP contribution < -0.4 is 10.5 Å². The smallest absolute Gasteiger partial charge is 0.329 e. The minimum absolute atomic E-state index is 0.0403. The zero-order valence-corrected chi connectivity index (χ0v) is 22.8. The molecule has 1 aromatic carbocycles. The summed E-state index contributed by atoms with van der Waals surface area (Å²) >= 11 is 0. The van der Waals surface area contributed by atoms with Crippen LogP contribution in [0.25, 0.3) is 0 Å². The second-order valence-electron chi connectivity index (χ2n) is 11.3. The molecule has 2 aliphatic heterocycles.